The first-order chi connectivity index (χ1) is 12.0. The molecule has 1 aromatic carbocycles. The first kappa shape index (κ1) is 18.5. The molecule has 0 bridgehead atoms. The number of aryl methyl sites for hydroxylation is 1. The topological polar surface area (TPSA) is 102 Å². The van der Waals surface area contributed by atoms with Crippen LogP contribution in [0.25, 0.3) is 0 Å². The molecule has 0 aliphatic heterocycles. The number of halogens is 1. The molecule has 8 heteroatoms. The Balaban J connectivity index is 1.82. The van der Waals surface area contributed by atoms with Crippen LogP contribution >= 0.6 is 11.6 Å². The van der Waals surface area contributed by atoms with Gasteiger partial charge in [0, 0.05) is 17.8 Å². The van der Waals surface area contributed by atoms with Gasteiger partial charge in [-0.15, -0.1) is 0 Å². The summed E-state index contributed by atoms with van der Waals surface area (Å²) in [6, 6.07) is 10.6. The molecule has 2 aromatic rings. The molecular weight excluding hydrogens is 342 g/mol. The number of carbonyl (C=O) groups is 1. The molecule has 132 valence electrons. The van der Waals surface area contributed by atoms with Crippen molar-refractivity contribution in [1.82, 2.24) is 4.98 Å². The lowest BCUT2D eigenvalue weighted by Crippen LogP contribution is -2.23. The van der Waals surface area contributed by atoms with Gasteiger partial charge in [-0.3, -0.25) is 9.79 Å². The third-order valence-electron chi connectivity index (χ3n) is 3.20. The standard InChI is InChI=1S/C17H20ClN5O2/c1-11-4-3-5-15(21-11)23-16(24)8-9-20-17(19)22-12-6-7-14(25-2)13(18)10-12/h3-7,10H,8-9H2,1-2H3,(H3,19,20,22)(H,21,23,24). The Morgan fingerprint density at radius 3 is 2.80 bits per heavy atom. The van der Waals surface area contributed by atoms with E-state index >= 15 is 0 Å². The number of nitrogens with one attached hydrogen (secondary N) is 2. The molecule has 0 fully saturated rings. The summed E-state index contributed by atoms with van der Waals surface area (Å²) in [4.78, 5) is 20.2. The minimum atomic E-state index is -0.179. The second-order valence-corrected chi connectivity index (χ2v) is 5.61. The third kappa shape index (κ3) is 5.96. The Bertz CT molecular complexity index is 779. The van der Waals surface area contributed by atoms with E-state index in [1.807, 2.05) is 19.1 Å². The lowest BCUT2D eigenvalue weighted by atomic mass is 10.3. The number of ether oxygens (including phenoxy) is 1. The van der Waals surface area contributed by atoms with E-state index in [2.05, 4.69) is 20.6 Å². The predicted octanol–water partition coefficient (Wildman–Crippen LogP) is 2.81. The Morgan fingerprint density at radius 2 is 2.12 bits per heavy atom. The quantitative estimate of drug-likeness (QED) is 0.542. The zero-order valence-electron chi connectivity index (χ0n) is 14.0. The molecule has 1 amide bonds. The first-order valence-electron chi connectivity index (χ1n) is 7.62. The summed E-state index contributed by atoms with van der Waals surface area (Å²) in [5.74, 6) is 1.11. The van der Waals surface area contributed by atoms with Crippen LogP contribution in [0, 0.1) is 6.92 Å². The molecule has 7 nitrogen and oxygen atoms in total. The Kier molecular flexibility index (Phi) is 6.59. The summed E-state index contributed by atoms with van der Waals surface area (Å²) in [6.07, 6.45) is 0.196. The number of hydrogen-bond acceptors (Lipinski definition) is 4. The number of carbonyl (C=O) groups excluding carboxylic acids is 1. The normalized spacial score (nSPS) is 11.1. The molecule has 1 heterocycles. The number of hydrogen-bond donors (Lipinski definition) is 3. The van der Waals surface area contributed by atoms with E-state index in [4.69, 9.17) is 22.1 Å². The molecule has 0 atom stereocenters. The van der Waals surface area contributed by atoms with E-state index in [-0.39, 0.29) is 24.8 Å². The summed E-state index contributed by atoms with van der Waals surface area (Å²) in [5, 5.41) is 6.09. The predicted molar refractivity (Wildman–Crippen MR) is 100 cm³/mol. The fraction of sp³-hybridized carbons (Fsp3) is 0.235. The molecule has 25 heavy (non-hydrogen) atoms. The molecule has 2 rings (SSSR count). The highest BCUT2D eigenvalue weighted by Crippen LogP contribution is 2.26. The Hall–Kier alpha value is -2.80. The fourth-order valence-corrected chi connectivity index (χ4v) is 2.29. The van der Waals surface area contributed by atoms with Crippen molar-refractivity contribution in [3.8, 4) is 5.75 Å². The van der Waals surface area contributed by atoms with Gasteiger partial charge in [0.15, 0.2) is 5.96 Å². The molecule has 0 spiro atoms. The monoisotopic (exact) mass is 361 g/mol. The summed E-state index contributed by atoms with van der Waals surface area (Å²) in [7, 11) is 1.54. The number of methoxy groups -OCH3 is 1. The second kappa shape index (κ2) is 8.89. The van der Waals surface area contributed by atoms with E-state index < -0.39 is 0 Å². The fourth-order valence-electron chi connectivity index (χ4n) is 2.03. The van der Waals surface area contributed by atoms with Gasteiger partial charge >= 0.3 is 0 Å². The van der Waals surface area contributed by atoms with Crippen LogP contribution in [0.2, 0.25) is 5.02 Å². The number of rotatable bonds is 6. The van der Waals surface area contributed by atoms with Gasteiger partial charge in [-0.25, -0.2) is 4.98 Å². The molecule has 0 aliphatic rings. The molecule has 1 aromatic heterocycles. The largest absolute Gasteiger partial charge is 0.495 e. The summed E-state index contributed by atoms with van der Waals surface area (Å²) < 4.78 is 5.08. The SMILES string of the molecule is COc1ccc(NC(N)=NCCC(=O)Nc2cccc(C)n2)cc1Cl. The summed E-state index contributed by atoms with van der Waals surface area (Å²) >= 11 is 6.04. The van der Waals surface area contributed by atoms with Gasteiger partial charge in [0.25, 0.3) is 0 Å². The van der Waals surface area contributed by atoms with Crippen LogP contribution < -0.4 is 21.1 Å². The highest BCUT2D eigenvalue weighted by Gasteiger charge is 2.04. The number of nitrogens with zero attached hydrogens (tertiary/aromatic N) is 2. The van der Waals surface area contributed by atoms with Crippen LogP contribution in [0.3, 0.4) is 0 Å². The van der Waals surface area contributed by atoms with Crippen molar-refractivity contribution in [3.05, 3.63) is 47.1 Å². The average molecular weight is 362 g/mol. The van der Waals surface area contributed by atoms with Crippen molar-refractivity contribution in [3.63, 3.8) is 0 Å². The summed E-state index contributed by atoms with van der Waals surface area (Å²) in [5.41, 5.74) is 7.32. The number of guanidine groups is 1. The third-order valence-corrected chi connectivity index (χ3v) is 3.50. The van der Waals surface area contributed by atoms with E-state index in [1.165, 1.54) is 0 Å². The molecule has 0 radical (unpaired) electrons. The van der Waals surface area contributed by atoms with Crippen LogP contribution in [-0.2, 0) is 4.79 Å². The van der Waals surface area contributed by atoms with Crippen LogP contribution in [0.1, 0.15) is 12.1 Å². The van der Waals surface area contributed by atoms with E-state index in [0.29, 0.717) is 22.3 Å². The zero-order valence-corrected chi connectivity index (χ0v) is 14.8. The van der Waals surface area contributed by atoms with Gasteiger partial charge in [0.1, 0.15) is 11.6 Å². The van der Waals surface area contributed by atoms with Gasteiger partial charge in [-0.2, -0.15) is 0 Å². The Labute approximate surface area is 151 Å². The first-order valence-corrected chi connectivity index (χ1v) is 7.99. The zero-order chi connectivity index (χ0) is 18.2. The van der Waals surface area contributed by atoms with Gasteiger partial charge in [0.2, 0.25) is 5.91 Å². The lowest BCUT2D eigenvalue weighted by molar-refractivity contribution is -0.116. The average Bonchev–Trinajstić information content (AvgIpc) is 2.55. The Morgan fingerprint density at radius 1 is 1.32 bits per heavy atom. The van der Waals surface area contributed by atoms with Crippen molar-refractivity contribution < 1.29 is 9.53 Å². The van der Waals surface area contributed by atoms with E-state index in [9.17, 15) is 4.79 Å². The maximum Gasteiger partial charge on any atom is 0.227 e. The maximum atomic E-state index is 11.9. The van der Waals surface area contributed by atoms with E-state index in [1.54, 1.807) is 31.4 Å². The van der Waals surface area contributed by atoms with Crippen LogP contribution in [0.15, 0.2) is 41.4 Å². The number of benzene rings is 1. The van der Waals surface area contributed by atoms with Gasteiger partial charge in [-0.05, 0) is 37.3 Å². The number of nitrogens with two attached hydrogens (primary N) is 1. The van der Waals surface area contributed by atoms with Gasteiger partial charge in [0.05, 0.1) is 18.7 Å². The highest BCUT2D eigenvalue weighted by molar-refractivity contribution is 6.32. The van der Waals surface area contributed by atoms with Gasteiger partial charge in [-0.1, -0.05) is 17.7 Å². The molecule has 0 unspecified atom stereocenters. The molecule has 0 aliphatic carbocycles. The van der Waals surface area contributed by atoms with Crippen LogP contribution in [0.4, 0.5) is 11.5 Å². The van der Waals surface area contributed by atoms with Gasteiger partial charge < -0.3 is 21.1 Å². The minimum absolute atomic E-state index is 0.179. The van der Waals surface area contributed by atoms with Crippen LogP contribution in [0.5, 0.6) is 5.75 Å². The smallest absolute Gasteiger partial charge is 0.227 e. The maximum absolute atomic E-state index is 11.9. The molecule has 4 N–H and O–H groups in total. The molecular formula is C17H20ClN5O2. The van der Waals surface area contributed by atoms with Crippen molar-refractivity contribution >= 4 is 35.0 Å². The number of aliphatic imine (C=N–C) groups is 1. The van der Waals surface area contributed by atoms with Crippen molar-refractivity contribution in [2.75, 3.05) is 24.3 Å². The minimum Gasteiger partial charge on any atom is -0.495 e. The van der Waals surface area contributed by atoms with E-state index in [0.717, 1.165) is 5.69 Å². The number of pyridine rings is 1. The highest BCUT2D eigenvalue weighted by atomic mass is 35.5. The summed E-state index contributed by atoms with van der Waals surface area (Å²) in [6.45, 7) is 2.11. The van der Waals surface area contributed by atoms with Crippen molar-refractivity contribution in [2.24, 2.45) is 10.7 Å². The molecule has 0 saturated heterocycles. The number of aromatic nitrogens is 1. The number of anilines is 2. The molecule has 0 saturated carbocycles. The van der Waals surface area contributed by atoms with Crippen LogP contribution in [-0.4, -0.2) is 30.5 Å². The van der Waals surface area contributed by atoms with Crippen molar-refractivity contribution in [1.29, 1.82) is 0 Å². The number of amides is 1. The lowest BCUT2D eigenvalue weighted by Gasteiger charge is -2.08. The second-order valence-electron chi connectivity index (χ2n) is 5.20. The van der Waals surface area contributed by atoms with Crippen molar-refractivity contribution in [2.45, 2.75) is 13.3 Å².